The molecule has 1 amide bonds. The van der Waals surface area contributed by atoms with Crippen molar-refractivity contribution in [1.29, 1.82) is 0 Å². The van der Waals surface area contributed by atoms with Crippen LogP contribution >= 0.6 is 11.3 Å². The highest BCUT2D eigenvalue weighted by molar-refractivity contribution is 7.89. The zero-order valence-electron chi connectivity index (χ0n) is 16.6. The number of amides is 1. The van der Waals surface area contributed by atoms with E-state index in [1.54, 1.807) is 18.2 Å². The van der Waals surface area contributed by atoms with E-state index in [0.717, 1.165) is 19.1 Å². The minimum atomic E-state index is -3.52. The molecule has 1 atom stereocenters. The lowest BCUT2D eigenvalue weighted by atomic mass is 9.99. The van der Waals surface area contributed by atoms with Crippen LogP contribution in [-0.2, 0) is 24.8 Å². The molecule has 0 bridgehead atoms. The van der Waals surface area contributed by atoms with Crippen molar-refractivity contribution in [3.63, 3.8) is 0 Å². The number of fused-ring (bicyclic) bond motifs is 1. The predicted octanol–water partition coefficient (Wildman–Crippen LogP) is 1.69. The van der Waals surface area contributed by atoms with Gasteiger partial charge in [0.25, 0.3) is 0 Å². The number of aromatic nitrogens is 1. The summed E-state index contributed by atoms with van der Waals surface area (Å²) in [7, 11) is -6.85. The second-order valence-corrected chi connectivity index (χ2v) is 12.7. The minimum absolute atomic E-state index is 0.161. The Kier molecular flexibility index (Phi) is 5.88. The average molecular weight is 473 g/mol. The molecule has 2 aliphatic rings. The maximum absolute atomic E-state index is 12.8. The maximum Gasteiger partial charge on any atom is 0.243 e. The van der Waals surface area contributed by atoms with E-state index in [1.807, 2.05) is 0 Å². The third kappa shape index (κ3) is 4.37. The van der Waals surface area contributed by atoms with E-state index in [2.05, 4.69) is 10.3 Å². The zero-order valence-corrected chi connectivity index (χ0v) is 19.0. The van der Waals surface area contributed by atoms with Crippen molar-refractivity contribution in [2.24, 2.45) is 5.92 Å². The Morgan fingerprint density at radius 1 is 1.10 bits per heavy atom. The highest BCUT2D eigenvalue weighted by atomic mass is 32.2. The lowest BCUT2D eigenvalue weighted by Gasteiger charge is -2.29. The van der Waals surface area contributed by atoms with Crippen LogP contribution in [0.15, 0.2) is 23.1 Å². The molecule has 30 heavy (non-hydrogen) atoms. The van der Waals surface area contributed by atoms with E-state index in [-0.39, 0.29) is 17.3 Å². The second kappa shape index (κ2) is 8.15. The van der Waals surface area contributed by atoms with E-state index in [1.165, 1.54) is 19.9 Å². The molecule has 164 valence electrons. The van der Waals surface area contributed by atoms with Crippen molar-refractivity contribution in [2.75, 3.05) is 37.8 Å². The van der Waals surface area contributed by atoms with Gasteiger partial charge in [0.05, 0.1) is 27.3 Å². The molecule has 1 unspecified atom stereocenters. The molecule has 12 heteroatoms. The molecule has 1 aromatic heterocycles. The van der Waals surface area contributed by atoms with Crippen molar-refractivity contribution < 1.29 is 21.6 Å². The van der Waals surface area contributed by atoms with Crippen molar-refractivity contribution >= 4 is 52.6 Å². The third-order valence-electron chi connectivity index (χ3n) is 5.52. The first-order valence-electron chi connectivity index (χ1n) is 9.81. The minimum Gasteiger partial charge on any atom is -0.302 e. The number of anilines is 1. The fourth-order valence-corrected chi connectivity index (χ4v) is 7.30. The Hall–Kier alpha value is -1.60. The first-order valence-corrected chi connectivity index (χ1v) is 13.9. The Balaban J connectivity index is 1.51. The lowest BCUT2D eigenvalue weighted by molar-refractivity contribution is -0.120. The van der Waals surface area contributed by atoms with Crippen molar-refractivity contribution in [3.8, 4) is 0 Å². The number of nitrogens with one attached hydrogen (secondary N) is 1. The van der Waals surface area contributed by atoms with E-state index in [9.17, 15) is 21.6 Å². The van der Waals surface area contributed by atoms with Crippen LogP contribution in [0.3, 0.4) is 0 Å². The fraction of sp³-hybridized carbons (Fsp3) is 0.556. The van der Waals surface area contributed by atoms with Crippen LogP contribution in [0, 0.1) is 5.92 Å². The summed E-state index contributed by atoms with van der Waals surface area (Å²) in [5, 5.41) is 3.15. The Bertz CT molecular complexity index is 1170. The maximum atomic E-state index is 12.8. The third-order valence-corrected chi connectivity index (χ3v) is 9.61. The van der Waals surface area contributed by atoms with Crippen LogP contribution in [0.4, 0.5) is 5.13 Å². The summed E-state index contributed by atoms with van der Waals surface area (Å²) in [5.41, 5.74) is 0.608. The molecule has 2 aliphatic heterocycles. The lowest BCUT2D eigenvalue weighted by Crippen LogP contribution is -2.43. The largest absolute Gasteiger partial charge is 0.302 e. The van der Waals surface area contributed by atoms with Crippen LogP contribution in [0.2, 0.25) is 0 Å². The van der Waals surface area contributed by atoms with Gasteiger partial charge in [-0.05, 0) is 43.9 Å². The molecule has 0 aliphatic carbocycles. The van der Waals surface area contributed by atoms with Crippen molar-refractivity contribution in [2.45, 2.75) is 30.6 Å². The molecule has 2 saturated heterocycles. The van der Waals surface area contributed by atoms with Crippen molar-refractivity contribution in [3.05, 3.63) is 18.2 Å². The van der Waals surface area contributed by atoms with Gasteiger partial charge in [-0.3, -0.25) is 4.79 Å². The fourth-order valence-electron chi connectivity index (χ4n) is 3.86. The highest BCUT2D eigenvalue weighted by Gasteiger charge is 2.31. The van der Waals surface area contributed by atoms with Gasteiger partial charge >= 0.3 is 0 Å². The number of nitrogens with zero attached hydrogens (tertiary/aromatic N) is 3. The standard InChI is InChI=1S/C18H24N4O5S3/c1-29(24,25)22-10-4-5-13(12-22)17(23)20-18-19-15-7-6-14(11-16(15)28-18)30(26,27)21-8-2-3-9-21/h6-7,11,13H,2-5,8-10,12H2,1H3,(H,19,20,23). The summed E-state index contributed by atoms with van der Waals surface area (Å²) in [5.74, 6) is -0.709. The number of sulfonamides is 2. The monoisotopic (exact) mass is 472 g/mol. The number of piperidine rings is 1. The number of carbonyl (C=O) groups excluding carboxylic acids is 1. The van der Waals surface area contributed by atoms with E-state index < -0.39 is 26.0 Å². The predicted molar refractivity (Wildman–Crippen MR) is 115 cm³/mol. The number of carbonyl (C=O) groups is 1. The van der Waals surface area contributed by atoms with Gasteiger partial charge in [-0.2, -0.15) is 4.31 Å². The van der Waals surface area contributed by atoms with Gasteiger partial charge in [0.1, 0.15) is 0 Å². The molecule has 9 nitrogen and oxygen atoms in total. The van der Waals surface area contributed by atoms with Crippen LogP contribution in [0.5, 0.6) is 0 Å². The van der Waals surface area contributed by atoms with Gasteiger partial charge < -0.3 is 5.32 Å². The molecule has 0 radical (unpaired) electrons. The molecular weight excluding hydrogens is 448 g/mol. The average Bonchev–Trinajstić information content (AvgIpc) is 3.36. The summed E-state index contributed by atoms with van der Waals surface area (Å²) < 4.78 is 52.6. The number of benzene rings is 1. The van der Waals surface area contributed by atoms with Crippen LogP contribution in [0.25, 0.3) is 10.2 Å². The SMILES string of the molecule is CS(=O)(=O)N1CCCC(C(=O)Nc2nc3ccc(S(=O)(=O)N4CCCC4)cc3s2)C1. The smallest absolute Gasteiger partial charge is 0.243 e. The van der Waals surface area contributed by atoms with Crippen LogP contribution in [-0.4, -0.2) is 68.8 Å². The molecular formula is C18H24N4O5S3. The zero-order chi connectivity index (χ0) is 21.5. The van der Waals surface area contributed by atoms with Crippen LogP contribution < -0.4 is 5.32 Å². The van der Waals surface area contributed by atoms with Gasteiger partial charge in [-0.25, -0.2) is 26.1 Å². The Morgan fingerprint density at radius 2 is 1.80 bits per heavy atom. The van der Waals surface area contributed by atoms with Crippen LogP contribution in [0.1, 0.15) is 25.7 Å². The normalized spacial score (nSPS) is 21.8. The van der Waals surface area contributed by atoms with Gasteiger partial charge in [0, 0.05) is 26.2 Å². The number of hydrogen-bond acceptors (Lipinski definition) is 7. The van der Waals surface area contributed by atoms with Gasteiger partial charge in [0.2, 0.25) is 26.0 Å². The summed E-state index contributed by atoms with van der Waals surface area (Å²) in [6.07, 6.45) is 4.13. The van der Waals surface area contributed by atoms with E-state index in [0.29, 0.717) is 47.8 Å². The van der Waals surface area contributed by atoms with E-state index in [4.69, 9.17) is 0 Å². The first-order chi connectivity index (χ1) is 14.1. The van der Waals surface area contributed by atoms with E-state index >= 15 is 0 Å². The Labute approximate surface area is 180 Å². The first kappa shape index (κ1) is 21.6. The summed E-state index contributed by atoms with van der Waals surface area (Å²) in [4.78, 5) is 17.3. The number of thiazole rings is 1. The van der Waals surface area contributed by atoms with Gasteiger partial charge in [-0.1, -0.05) is 11.3 Å². The molecule has 2 fully saturated rings. The molecule has 1 N–H and O–H groups in total. The second-order valence-electron chi connectivity index (χ2n) is 7.71. The van der Waals surface area contributed by atoms with Gasteiger partial charge in [0.15, 0.2) is 5.13 Å². The topological polar surface area (TPSA) is 117 Å². The molecule has 2 aromatic rings. The molecule has 1 aromatic carbocycles. The Morgan fingerprint density at radius 3 is 2.50 bits per heavy atom. The molecule has 4 rings (SSSR count). The summed E-state index contributed by atoms with van der Waals surface area (Å²) >= 11 is 1.21. The van der Waals surface area contributed by atoms with Crippen molar-refractivity contribution in [1.82, 2.24) is 13.6 Å². The highest BCUT2D eigenvalue weighted by Crippen LogP contribution is 2.31. The molecule has 0 saturated carbocycles. The molecule has 3 heterocycles. The molecule has 0 spiro atoms. The summed E-state index contributed by atoms with van der Waals surface area (Å²) in [6, 6.07) is 4.80. The quantitative estimate of drug-likeness (QED) is 0.708. The number of hydrogen-bond donors (Lipinski definition) is 1. The number of rotatable bonds is 5. The summed E-state index contributed by atoms with van der Waals surface area (Å²) in [6.45, 7) is 1.66. The van der Waals surface area contributed by atoms with Gasteiger partial charge in [-0.15, -0.1) is 0 Å².